The maximum Gasteiger partial charge on any atom is 0.225 e. The molecule has 1 amide bonds. The second-order valence-electron chi connectivity index (χ2n) is 7.87. The number of carbonyl (C=O) groups is 1. The number of rotatable bonds is 4. The molecule has 2 aliphatic rings. The molecule has 2 aliphatic heterocycles. The van der Waals surface area contributed by atoms with Gasteiger partial charge in [-0.25, -0.2) is 0 Å². The minimum atomic E-state index is 0.120. The summed E-state index contributed by atoms with van der Waals surface area (Å²) in [5.74, 6) is 1.28. The summed E-state index contributed by atoms with van der Waals surface area (Å²) >= 11 is 0. The van der Waals surface area contributed by atoms with Crippen LogP contribution in [0.25, 0.3) is 0 Å². The van der Waals surface area contributed by atoms with Crippen molar-refractivity contribution in [2.45, 2.75) is 59.5 Å². The molecular formula is C18H35N3O. The number of carbonyl (C=O) groups excluding carboxylic acids is 1. The van der Waals surface area contributed by atoms with Crippen LogP contribution in [0.2, 0.25) is 0 Å². The van der Waals surface area contributed by atoms with Crippen LogP contribution in [-0.4, -0.2) is 72.0 Å². The number of likely N-dealkylation sites (tertiary alicyclic amines) is 1. The van der Waals surface area contributed by atoms with Crippen LogP contribution in [-0.2, 0) is 4.79 Å². The fraction of sp³-hybridized carbons (Fsp3) is 0.944. The summed E-state index contributed by atoms with van der Waals surface area (Å²) in [6.45, 7) is 17.5. The van der Waals surface area contributed by atoms with Crippen LogP contribution in [0.4, 0.5) is 0 Å². The van der Waals surface area contributed by atoms with Crippen LogP contribution < -0.4 is 0 Å². The van der Waals surface area contributed by atoms with Crippen LogP contribution >= 0.6 is 0 Å². The molecule has 0 aliphatic carbocycles. The van der Waals surface area contributed by atoms with Crippen molar-refractivity contribution in [1.29, 1.82) is 0 Å². The summed E-state index contributed by atoms with van der Waals surface area (Å²) in [6.07, 6.45) is 2.66. The summed E-state index contributed by atoms with van der Waals surface area (Å²) < 4.78 is 0. The summed E-state index contributed by atoms with van der Waals surface area (Å²) in [5, 5.41) is 0. The normalized spacial score (nSPS) is 26.1. The summed E-state index contributed by atoms with van der Waals surface area (Å²) in [6, 6.07) is 1.05. The number of piperidine rings is 1. The van der Waals surface area contributed by atoms with Crippen molar-refractivity contribution in [3.63, 3.8) is 0 Å². The highest BCUT2D eigenvalue weighted by atomic mass is 16.2. The van der Waals surface area contributed by atoms with Gasteiger partial charge >= 0.3 is 0 Å². The van der Waals surface area contributed by atoms with Crippen molar-refractivity contribution in [1.82, 2.24) is 14.7 Å². The van der Waals surface area contributed by atoms with Gasteiger partial charge in [0.25, 0.3) is 0 Å². The summed E-state index contributed by atoms with van der Waals surface area (Å²) in [5.41, 5.74) is 0. The molecule has 2 saturated heterocycles. The molecule has 0 saturated carbocycles. The Bertz CT molecular complexity index is 361. The first-order chi connectivity index (χ1) is 10.4. The number of amides is 1. The lowest BCUT2D eigenvalue weighted by molar-refractivity contribution is -0.139. The molecule has 128 valence electrons. The molecule has 22 heavy (non-hydrogen) atoms. The number of piperazine rings is 1. The smallest absolute Gasteiger partial charge is 0.225 e. The second kappa shape index (κ2) is 7.78. The van der Waals surface area contributed by atoms with Crippen molar-refractivity contribution in [3.8, 4) is 0 Å². The Morgan fingerprint density at radius 1 is 1.05 bits per heavy atom. The maximum absolute atomic E-state index is 12.2. The number of hydrogen-bond acceptors (Lipinski definition) is 3. The molecule has 2 fully saturated rings. The average Bonchev–Trinajstić information content (AvgIpc) is 2.47. The predicted molar refractivity (Wildman–Crippen MR) is 91.9 cm³/mol. The van der Waals surface area contributed by atoms with Gasteiger partial charge in [-0.05, 0) is 52.6 Å². The summed E-state index contributed by atoms with van der Waals surface area (Å²) in [7, 11) is 0. The van der Waals surface area contributed by atoms with Crippen molar-refractivity contribution < 1.29 is 4.79 Å². The van der Waals surface area contributed by atoms with Gasteiger partial charge in [0.15, 0.2) is 0 Å². The minimum absolute atomic E-state index is 0.120. The van der Waals surface area contributed by atoms with Gasteiger partial charge in [-0.15, -0.1) is 0 Å². The van der Waals surface area contributed by atoms with Gasteiger partial charge in [0.2, 0.25) is 5.91 Å². The van der Waals surface area contributed by atoms with E-state index < -0.39 is 0 Å². The zero-order valence-electron chi connectivity index (χ0n) is 15.2. The van der Waals surface area contributed by atoms with E-state index in [0.29, 0.717) is 18.0 Å². The third-order valence-corrected chi connectivity index (χ3v) is 5.38. The topological polar surface area (TPSA) is 26.8 Å². The maximum atomic E-state index is 12.2. The Hall–Kier alpha value is -0.610. The van der Waals surface area contributed by atoms with Gasteiger partial charge in [-0.2, -0.15) is 0 Å². The lowest BCUT2D eigenvalue weighted by atomic mass is 9.94. The predicted octanol–water partition coefficient (Wildman–Crippen LogP) is 2.30. The van der Waals surface area contributed by atoms with E-state index in [4.69, 9.17) is 0 Å². The van der Waals surface area contributed by atoms with Gasteiger partial charge in [0, 0.05) is 44.2 Å². The average molecular weight is 309 g/mol. The van der Waals surface area contributed by atoms with Crippen LogP contribution in [0.3, 0.4) is 0 Å². The highest BCUT2D eigenvalue weighted by molar-refractivity contribution is 5.78. The third kappa shape index (κ3) is 4.45. The van der Waals surface area contributed by atoms with Gasteiger partial charge in [-0.1, -0.05) is 13.8 Å². The van der Waals surface area contributed by atoms with Gasteiger partial charge in [-0.3, -0.25) is 9.69 Å². The third-order valence-electron chi connectivity index (χ3n) is 5.38. The molecule has 0 unspecified atom stereocenters. The fourth-order valence-electron chi connectivity index (χ4n) is 3.87. The molecule has 0 aromatic rings. The van der Waals surface area contributed by atoms with Crippen molar-refractivity contribution in [2.24, 2.45) is 11.8 Å². The molecule has 0 bridgehead atoms. The van der Waals surface area contributed by atoms with Gasteiger partial charge < -0.3 is 9.80 Å². The first-order valence-corrected chi connectivity index (χ1v) is 9.15. The number of nitrogens with zero attached hydrogens (tertiary/aromatic N) is 3. The molecule has 0 spiro atoms. The van der Waals surface area contributed by atoms with E-state index in [9.17, 15) is 4.79 Å². The standard InChI is InChI=1S/C18H35N3O/c1-14(2)18(22)21-11-10-19(12-16(21)5)13-17-6-8-20(9-7-17)15(3)4/h14-17H,6-13H2,1-5H3/t16-/m0/s1. The molecular weight excluding hydrogens is 274 g/mol. The molecule has 0 N–H and O–H groups in total. The van der Waals surface area contributed by atoms with E-state index in [0.717, 1.165) is 25.6 Å². The zero-order valence-corrected chi connectivity index (χ0v) is 15.2. The van der Waals surface area contributed by atoms with E-state index in [1.54, 1.807) is 0 Å². The SMILES string of the molecule is CC(C)C(=O)N1CCN(CC2CCN(C(C)C)CC2)C[C@@H]1C. The van der Waals surface area contributed by atoms with E-state index in [1.165, 1.54) is 32.5 Å². The van der Waals surface area contributed by atoms with E-state index in [1.807, 2.05) is 13.8 Å². The van der Waals surface area contributed by atoms with E-state index in [-0.39, 0.29) is 5.92 Å². The first-order valence-electron chi connectivity index (χ1n) is 9.15. The quantitative estimate of drug-likeness (QED) is 0.797. The zero-order chi connectivity index (χ0) is 16.3. The van der Waals surface area contributed by atoms with Crippen molar-refractivity contribution in [2.75, 3.05) is 39.3 Å². The van der Waals surface area contributed by atoms with E-state index in [2.05, 4.69) is 35.5 Å². The highest BCUT2D eigenvalue weighted by Gasteiger charge is 2.30. The molecule has 2 heterocycles. The monoisotopic (exact) mass is 309 g/mol. The molecule has 0 aromatic heterocycles. The van der Waals surface area contributed by atoms with E-state index >= 15 is 0 Å². The summed E-state index contributed by atoms with van der Waals surface area (Å²) in [4.78, 5) is 19.5. The van der Waals surface area contributed by atoms with Crippen molar-refractivity contribution in [3.05, 3.63) is 0 Å². The Morgan fingerprint density at radius 2 is 1.68 bits per heavy atom. The van der Waals surface area contributed by atoms with Crippen LogP contribution in [0.15, 0.2) is 0 Å². The molecule has 0 aromatic carbocycles. The second-order valence-corrected chi connectivity index (χ2v) is 7.87. The largest absolute Gasteiger partial charge is 0.337 e. The van der Waals surface area contributed by atoms with Gasteiger partial charge in [0.05, 0.1) is 0 Å². The Labute approximate surface area is 136 Å². The molecule has 1 atom stereocenters. The number of hydrogen-bond donors (Lipinski definition) is 0. The lowest BCUT2D eigenvalue weighted by Crippen LogP contribution is -2.56. The van der Waals surface area contributed by atoms with Crippen molar-refractivity contribution >= 4 is 5.91 Å². The highest BCUT2D eigenvalue weighted by Crippen LogP contribution is 2.22. The van der Waals surface area contributed by atoms with Crippen LogP contribution in [0.5, 0.6) is 0 Å². The molecule has 4 heteroatoms. The van der Waals surface area contributed by atoms with Crippen LogP contribution in [0, 0.1) is 11.8 Å². The first kappa shape index (κ1) is 17.7. The molecule has 0 radical (unpaired) electrons. The minimum Gasteiger partial charge on any atom is -0.337 e. The van der Waals surface area contributed by atoms with Crippen LogP contribution in [0.1, 0.15) is 47.5 Å². The molecule has 2 rings (SSSR count). The fourth-order valence-corrected chi connectivity index (χ4v) is 3.87. The Kier molecular flexibility index (Phi) is 6.27. The Morgan fingerprint density at radius 3 is 2.18 bits per heavy atom. The Balaban J connectivity index is 1.76. The van der Waals surface area contributed by atoms with Gasteiger partial charge in [0.1, 0.15) is 0 Å². The molecule has 4 nitrogen and oxygen atoms in total. The lowest BCUT2D eigenvalue weighted by Gasteiger charge is -2.43.